The minimum atomic E-state index is -0.408. The molecule has 120 valence electrons. The van der Waals surface area contributed by atoms with Gasteiger partial charge in [-0.3, -0.25) is 4.79 Å². The molecule has 0 saturated carbocycles. The topological polar surface area (TPSA) is 50.7 Å². The van der Waals surface area contributed by atoms with E-state index in [2.05, 4.69) is 10.5 Å². The number of nitrogens with zero attached hydrogens (tertiary/aromatic N) is 1. The summed E-state index contributed by atoms with van der Waals surface area (Å²) < 4.78 is 5.32. The maximum atomic E-state index is 11.8. The summed E-state index contributed by atoms with van der Waals surface area (Å²) in [6.45, 7) is 1.55. The summed E-state index contributed by atoms with van der Waals surface area (Å²) in [6, 6.07) is 11.9. The second-order valence-corrected chi connectivity index (χ2v) is 5.88. The molecule has 0 aliphatic heterocycles. The Morgan fingerprint density at radius 1 is 1.09 bits per heavy atom. The third-order valence-electron chi connectivity index (χ3n) is 2.86. The number of carbonyl (C=O) groups excluding carboxylic acids is 1. The minimum absolute atomic E-state index is 0.225. The molecule has 0 heterocycles. The lowest BCUT2D eigenvalue weighted by atomic mass is 10.1. The van der Waals surface area contributed by atoms with Crippen LogP contribution in [0.1, 0.15) is 12.5 Å². The van der Waals surface area contributed by atoms with Crippen LogP contribution in [0.25, 0.3) is 0 Å². The molecule has 0 spiro atoms. The Kier molecular flexibility index (Phi) is 6.28. The van der Waals surface area contributed by atoms with Crippen LogP contribution in [0, 0.1) is 0 Å². The third-order valence-corrected chi connectivity index (χ3v) is 3.66. The van der Waals surface area contributed by atoms with E-state index in [9.17, 15) is 4.79 Å². The zero-order chi connectivity index (χ0) is 16.8. The van der Waals surface area contributed by atoms with Gasteiger partial charge in [-0.15, -0.1) is 0 Å². The van der Waals surface area contributed by atoms with Crippen LogP contribution in [0.15, 0.2) is 47.6 Å². The van der Waals surface area contributed by atoms with Gasteiger partial charge in [-0.25, -0.2) is 5.43 Å². The lowest BCUT2D eigenvalue weighted by Crippen LogP contribution is -2.25. The molecular weight excluding hydrogens is 359 g/mol. The molecular formula is C16H13Cl3N2O2. The molecule has 23 heavy (non-hydrogen) atoms. The molecule has 7 heteroatoms. The van der Waals surface area contributed by atoms with Crippen molar-refractivity contribution in [2.24, 2.45) is 5.10 Å². The van der Waals surface area contributed by atoms with Crippen LogP contribution in [-0.4, -0.2) is 18.2 Å². The average molecular weight is 372 g/mol. The number of amides is 1. The molecule has 0 radical (unpaired) electrons. The first kappa shape index (κ1) is 17.6. The maximum Gasteiger partial charge on any atom is 0.277 e. The van der Waals surface area contributed by atoms with Gasteiger partial charge in [0.15, 0.2) is 6.61 Å². The minimum Gasteiger partial charge on any atom is -0.482 e. The standard InChI is InChI=1S/C16H13Cl3N2O2/c1-10(11-2-4-12(17)5-3-11)20-21-16(22)9-23-15-8-13(18)6-7-14(15)19/h2-8H,9H2,1H3,(H,21,22). The van der Waals surface area contributed by atoms with Crippen molar-refractivity contribution in [1.29, 1.82) is 0 Å². The molecule has 0 aliphatic rings. The van der Waals surface area contributed by atoms with Crippen molar-refractivity contribution in [3.8, 4) is 5.75 Å². The highest BCUT2D eigenvalue weighted by atomic mass is 35.5. The van der Waals surface area contributed by atoms with Crippen LogP contribution in [0.4, 0.5) is 0 Å². The Labute approximate surface area is 149 Å². The summed E-state index contributed by atoms with van der Waals surface area (Å²) >= 11 is 17.6. The Bertz CT molecular complexity index is 731. The van der Waals surface area contributed by atoms with Crippen LogP contribution in [-0.2, 0) is 4.79 Å². The van der Waals surface area contributed by atoms with Gasteiger partial charge in [0.1, 0.15) is 5.75 Å². The van der Waals surface area contributed by atoms with E-state index in [4.69, 9.17) is 39.5 Å². The Balaban J connectivity index is 1.90. The zero-order valence-corrected chi connectivity index (χ0v) is 14.4. The number of halogens is 3. The number of hydrogen-bond acceptors (Lipinski definition) is 3. The summed E-state index contributed by atoms with van der Waals surface area (Å²) in [6.07, 6.45) is 0. The van der Waals surface area contributed by atoms with Crippen molar-refractivity contribution < 1.29 is 9.53 Å². The fourth-order valence-electron chi connectivity index (χ4n) is 1.67. The van der Waals surface area contributed by atoms with Gasteiger partial charge >= 0.3 is 0 Å². The smallest absolute Gasteiger partial charge is 0.277 e. The van der Waals surface area contributed by atoms with Gasteiger partial charge in [0, 0.05) is 16.1 Å². The highest BCUT2D eigenvalue weighted by Crippen LogP contribution is 2.27. The highest BCUT2D eigenvalue weighted by molar-refractivity contribution is 6.34. The normalized spacial score (nSPS) is 11.2. The fraction of sp³-hybridized carbons (Fsp3) is 0.125. The molecule has 0 aromatic heterocycles. The number of rotatable bonds is 5. The SMILES string of the molecule is CC(=NNC(=O)COc1cc(Cl)ccc1Cl)c1ccc(Cl)cc1. The van der Waals surface area contributed by atoms with Crippen molar-refractivity contribution in [1.82, 2.24) is 5.43 Å². The van der Waals surface area contributed by atoms with Crippen LogP contribution >= 0.6 is 34.8 Å². The Hall–Kier alpha value is -1.75. The summed E-state index contributed by atoms with van der Waals surface area (Å²) in [7, 11) is 0. The maximum absolute atomic E-state index is 11.8. The third kappa shape index (κ3) is 5.43. The average Bonchev–Trinajstić information content (AvgIpc) is 2.54. The summed E-state index contributed by atoms with van der Waals surface area (Å²) in [5.74, 6) is -0.0675. The molecule has 0 bridgehead atoms. The number of carbonyl (C=O) groups is 1. The molecule has 0 aliphatic carbocycles. The predicted octanol–water partition coefficient (Wildman–Crippen LogP) is 4.57. The summed E-state index contributed by atoms with van der Waals surface area (Å²) in [5.41, 5.74) is 3.92. The van der Waals surface area contributed by atoms with E-state index in [1.54, 1.807) is 37.3 Å². The lowest BCUT2D eigenvalue weighted by Gasteiger charge is -2.08. The Morgan fingerprint density at radius 3 is 2.43 bits per heavy atom. The molecule has 1 N–H and O–H groups in total. The van der Waals surface area contributed by atoms with Crippen LogP contribution < -0.4 is 10.2 Å². The lowest BCUT2D eigenvalue weighted by molar-refractivity contribution is -0.123. The van der Waals surface area contributed by atoms with E-state index in [0.29, 0.717) is 26.5 Å². The van der Waals surface area contributed by atoms with Crippen LogP contribution in [0.5, 0.6) is 5.75 Å². The molecule has 2 aromatic carbocycles. The van der Waals surface area contributed by atoms with Gasteiger partial charge in [-0.1, -0.05) is 46.9 Å². The molecule has 0 saturated heterocycles. The molecule has 2 aromatic rings. The van der Waals surface area contributed by atoms with Gasteiger partial charge in [0.25, 0.3) is 5.91 Å². The molecule has 2 rings (SSSR count). The largest absolute Gasteiger partial charge is 0.482 e. The molecule has 1 amide bonds. The quantitative estimate of drug-likeness (QED) is 0.618. The molecule has 0 atom stereocenters. The van der Waals surface area contributed by atoms with Crippen LogP contribution in [0.2, 0.25) is 15.1 Å². The number of benzene rings is 2. The van der Waals surface area contributed by atoms with E-state index in [0.717, 1.165) is 5.56 Å². The Morgan fingerprint density at radius 2 is 1.74 bits per heavy atom. The first-order valence-electron chi connectivity index (χ1n) is 6.62. The van der Waals surface area contributed by atoms with Crippen molar-refractivity contribution in [3.63, 3.8) is 0 Å². The second-order valence-electron chi connectivity index (χ2n) is 4.60. The van der Waals surface area contributed by atoms with Gasteiger partial charge in [-0.05, 0) is 36.8 Å². The first-order valence-corrected chi connectivity index (χ1v) is 7.76. The zero-order valence-electron chi connectivity index (χ0n) is 12.1. The van der Waals surface area contributed by atoms with Gasteiger partial charge in [-0.2, -0.15) is 5.10 Å². The van der Waals surface area contributed by atoms with Gasteiger partial charge in [0.2, 0.25) is 0 Å². The van der Waals surface area contributed by atoms with Crippen molar-refractivity contribution in [2.45, 2.75) is 6.92 Å². The van der Waals surface area contributed by atoms with E-state index in [1.807, 2.05) is 12.1 Å². The highest BCUT2D eigenvalue weighted by Gasteiger charge is 2.06. The van der Waals surface area contributed by atoms with Crippen molar-refractivity contribution >= 4 is 46.4 Å². The fourth-order valence-corrected chi connectivity index (χ4v) is 2.13. The second kappa shape index (κ2) is 8.20. The van der Waals surface area contributed by atoms with E-state index in [-0.39, 0.29) is 6.61 Å². The van der Waals surface area contributed by atoms with Crippen LogP contribution in [0.3, 0.4) is 0 Å². The molecule has 0 fully saturated rings. The van der Waals surface area contributed by atoms with E-state index >= 15 is 0 Å². The summed E-state index contributed by atoms with van der Waals surface area (Å²) in [5, 5.41) is 5.50. The van der Waals surface area contributed by atoms with Crippen molar-refractivity contribution in [2.75, 3.05) is 6.61 Å². The number of hydrazone groups is 1. The number of ether oxygens (including phenoxy) is 1. The monoisotopic (exact) mass is 370 g/mol. The van der Waals surface area contributed by atoms with Crippen molar-refractivity contribution in [3.05, 3.63) is 63.1 Å². The van der Waals surface area contributed by atoms with E-state index in [1.165, 1.54) is 0 Å². The molecule has 4 nitrogen and oxygen atoms in total. The van der Waals surface area contributed by atoms with Gasteiger partial charge in [0.05, 0.1) is 10.7 Å². The number of nitrogens with one attached hydrogen (secondary N) is 1. The van der Waals surface area contributed by atoms with E-state index < -0.39 is 5.91 Å². The van der Waals surface area contributed by atoms with Gasteiger partial charge < -0.3 is 4.74 Å². The number of hydrogen-bond donors (Lipinski definition) is 1. The first-order chi connectivity index (χ1) is 11.0. The molecule has 0 unspecified atom stereocenters. The predicted molar refractivity (Wildman–Crippen MR) is 93.8 cm³/mol. The summed E-state index contributed by atoms with van der Waals surface area (Å²) in [4.78, 5) is 11.8.